The summed E-state index contributed by atoms with van der Waals surface area (Å²) in [4.78, 5) is 5.55. The molecule has 2 rings (SSSR count). The summed E-state index contributed by atoms with van der Waals surface area (Å²) in [7, 11) is 0. The summed E-state index contributed by atoms with van der Waals surface area (Å²) in [6.07, 6.45) is 4.26. The van der Waals surface area contributed by atoms with E-state index in [9.17, 15) is 0 Å². The highest BCUT2D eigenvalue weighted by atomic mass is 79.9. The van der Waals surface area contributed by atoms with Gasteiger partial charge in [0.2, 0.25) is 0 Å². The van der Waals surface area contributed by atoms with Crippen molar-refractivity contribution in [2.45, 2.75) is 9.79 Å². The van der Waals surface area contributed by atoms with E-state index in [-0.39, 0.29) is 0 Å². The van der Waals surface area contributed by atoms with Crippen molar-refractivity contribution in [3.8, 4) is 9.75 Å². The van der Waals surface area contributed by atoms with Gasteiger partial charge in [0, 0.05) is 9.79 Å². The van der Waals surface area contributed by atoms with Crippen molar-refractivity contribution < 1.29 is 0 Å². The SMILES string of the molecule is CSc1ccsc1-c1sc(Br)cc1SC. The van der Waals surface area contributed by atoms with Crippen LogP contribution in [0, 0.1) is 0 Å². The van der Waals surface area contributed by atoms with Crippen molar-refractivity contribution in [2.75, 3.05) is 12.5 Å². The van der Waals surface area contributed by atoms with Crippen LogP contribution in [-0.2, 0) is 0 Å². The molecule has 80 valence electrons. The van der Waals surface area contributed by atoms with Crippen molar-refractivity contribution in [2.24, 2.45) is 0 Å². The van der Waals surface area contributed by atoms with Gasteiger partial charge in [0.05, 0.1) is 13.5 Å². The predicted molar refractivity (Wildman–Crippen MR) is 78.9 cm³/mol. The minimum Gasteiger partial charge on any atom is -0.142 e. The third-order valence-corrected chi connectivity index (χ3v) is 6.46. The van der Waals surface area contributed by atoms with Gasteiger partial charge in [-0.25, -0.2) is 0 Å². The highest BCUT2D eigenvalue weighted by Gasteiger charge is 2.13. The van der Waals surface area contributed by atoms with Gasteiger partial charge in [-0.1, -0.05) is 0 Å². The molecule has 0 atom stereocenters. The molecule has 0 aliphatic carbocycles. The molecule has 0 N–H and O–H groups in total. The van der Waals surface area contributed by atoms with Crippen LogP contribution in [0.1, 0.15) is 0 Å². The van der Waals surface area contributed by atoms with Crippen LogP contribution in [0.25, 0.3) is 9.75 Å². The molecule has 5 heteroatoms. The number of hydrogen-bond donors (Lipinski definition) is 0. The molecule has 2 aromatic heterocycles. The van der Waals surface area contributed by atoms with Gasteiger partial charge < -0.3 is 0 Å². The van der Waals surface area contributed by atoms with E-state index in [1.54, 1.807) is 0 Å². The van der Waals surface area contributed by atoms with Crippen molar-refractivity contribution in [1.29, 1.82) is 0 Å². The number of thioether (sulfide) groups is 2. The quantitative estimate of drug-likeness (QED) is 0.661. The molecule has 0 unspecified atom stereocenters. The fourth-order valence-corrected chi connectivity index (χ4v) is 5.96. The first-order valence-electron chi connectivity index (χ1n) is 4.21. The number of rotatable bonds is 3. The summed E-state index contributed by atoms with van der Waals surface area (Å²) < 4.78 is 1.21. The normalized spacial score (nSPS) is 10.9. The van der Waals surface area contributed by atoms with Gasteiger partial charge in [0.25, 0.3) is 0 Å². The smallest absolute Gasteiger partial charge is 0.0716 e. The van der Waals surface area contributed by atoms with Crippen LogP contribution >= 0.6 is 62.1 Å². The Balaban J connectivity index is 2.52. The topological polar surface area (TPSA) is 0 Å². The molecule has 0 aromatic carbocycles. The predicted octanol–water partition coefficient (Wildman–Crippen LogP) is 5.68. The molecule has 0 aliphatic rings. The second-order valence-corrected chi connectivity index (χ2v) is 7.81. The monoisotopic (exact) mass is 336 g/mol. The Hall–Kier alpha value is 0.580. The molecular weight excluding hydrogens is 328 g/mol. The summed E-state index contributed by atoms with van der Waals surface area (Å²) in [5.74, 6) is 0. The van der Waals surface area contributed by atoms with Gasteiger partial charge in [-0.3, -0.25) is 0 Å². The Bertz CT molecular complexity index is 458. The largest absolute Gasteiger partial charge is 0.142 e. The van der Waals surface area contributed by atoms with Crippen LogP contribution in [0.2, 0.25) is 0 Å². The van der Waals surface area contributed by atoms with E-state index < -0.39 is 0 Å². The first kappa shape index (κ1) is 12.0. The van der Waals surface area contributed by atoms with Gasteiger partial charge in [0.15, 0.2) is 0 Å². The van der Waals surface area contributed by atoms with E-state index in [2.05, 4.69) is 46.0 Å². The zero-order valence-electron chi connectivity index (χ0n) is 8.24. The van der Waals surface area contributed by atoms with Gasteiger partial charge in [-0.15, -0.1) is 46.2 Å². The molecule has 0 saturated heterocycles. The highest BCUT2D eigenvalue weighted by molar-refractivity contribution is 9.11. The van der Waals surface area contributed by atoms with E-state index in [1.807, 2.05) is 46.2 Å². The Morgan fingerprint density at radius 2 is 1.87 bits per heavy atom. The van der Waals surface area contributed by atoms with E-state index in [4.69, 9.17) is 0 Å². The molecule has 0 spiro atoms. The first-order chi connectivity index (χ1) is 7.26. The van der Waals surface area contributed by atoms with Crippen LogP contribution in [-0.4, -0.2) is 12.5 Å². The van der Waals surface area contributed by atoms with E-state index in [1.165, 1.54) is 23.3 Å². The minimum absolute atomic E-state index is 1.21. The molecule has 2 heterocycles. The lowest BCUT2D eigenvalue weighted by Crippen LogP contribution is -1.71. The molecule has 0 amide bonds. The van der Waals surface area contributed by atoms with Gasteiger partial charge >= 0.3 is 0 Å². The molecule has 2 aromatic rings. The second kappa shape index (κ2) is 5.27. The minimum atomic E-state index is 1.21. The van der Waals surface area contributed by atoms with E-state index >= 15 is 0 Å². The zero-order valence-corrected chi connectivity index (χ0v) is 13.1. The standard InChI is InChI=1S/C10H9BrS4/c1-12-6-3-4-14-9(6)10-7(13-2)5-8(11)15-10/h3-5H,1-2H3. The third kappa shape index (κ3) is 2.47. The van der Waals surface area contributed by atoms with Crippen molar-refractivity contribution in [3.05, 3.63) is 21.3 Å². The summed E-state index contributed by atoms with van der Waals surface area (Å²) in [5.41, 5.74) is 0. The van der Waals surface area contributed by atoms with Crippen LogP contribution in [0.3, 0.4) is 0 Å². The van der Waals surface area contributed by atoms with Crippen molar-refractivity contribution >= 4 is 62.1 Å². The highest BCUT2D eigenvalue weighted by Crippen LogP contribution is 2.45. The molecule has 0 nitrogen and oxygen atoms in total. The van der Waals surface area contributed by atoms with Gasteiger partial charge in [0.1, 0.15) is 0 Å². The maximum absolute atomic E-state index is 3.56. The molecule has 15 heavy (non-hydrogen) atoms. The Morgan fingerprint density at radius 1 is 1.13 bits per heavy atom. The maximum Gasteiger partial charge on any atom is 0.0716 e. The number of halogens is 1. The Labute approximate surface area is 115 Å². The molecule has 0 aliphatic heterocycles. The zero-order chi connectivity index (χ0) is 10.8. The average Bonchev–Trinajstić information content (AvgIpc) is 2.82. The summed E-state index contributed by atoms with van der Waals surface area (Å²) >= 11 is 10.8. The summed E-state index contributed by atoms with van der Waals surface area (Å²) in [5, 5.41) is 2.17. The lowest BCUT2D eigenvalue weighted by molar-refractivity contribution is 1.52. The molecule has 0 fully saturated rings. The van der Waals surface area contributed by atoms with Crippen LogP contribution in [0.5, 0.6) is 0 Å². The lowest BCUT2D eigenvalue weighted by Gasteiger charge is -2.00. The van der Waals surface area contributed by atoms with Crippen LogP contribution in [0.4, 0.5) is 0 Å². The average molecular weight is 337 g/mol. The number of hydrogen-bond acceptors (Lipinski definition) is 4. The third-order valence-electron chi connectivity index (χ3n) is 1.94. The first-order valence-corrected chi connectivity index (χ1v) is 9.15. The molecule has 0 bridgehead atoms. The summed E-state index contributed by atoms with van der Waals surface area (Å²) in [6.45, 7) is 0. The van der Waals surface area contributed by atoms with Crippen LogP contribution in [0.15, 0.2) is 31.1 Å². The molecule has 0 radical (unpaired) electrons. The van der Waals surface area contributed by atoms with Crippen LogP contribution < -0.4 is 0 Å². The summed E-state index contributed by atoms with van der Waals surface area (Å²) in [6, 6.07) is 4.40. The molecule has 0 saturated carbocycles. The second-order valence-electron chi connectivity index (χ2n) is 2.77. The van der Waals surface area contributed by atoms with Gasteiger partial charge in [-0.2, -0.15) is 0 Å². The lowest BCUT2D eigenvalue weighted by atomic mass is 10.4. The Morgan fingerprint density at radius 3 is 2.53 bits per heavy atom. The fraction of sp³-hybridized carbons (Fsp3) is 0.200. The van der Waals surface area contributed by atoms with E-state index in [0.29, 0.717) is 0 Å². The Kier molecular flexibility index (Phi) is 4.24. The van der Waals surface area contributed by atoms with Gasteiger partial charge in [-0.05, 0) is 46.0 Å². The molecular formula is C10H9BrS4. The fourth-order valence-electron chi connectivity index (χ4n) is 1.28. The van der Waals surface area contributed by atoms with Crippen molar-refractivity contribution in [3.63, 3.8) is 0 Å². The van der Waals surface area contributed by atoms with E-state index in [0.717, 1.165) is 0 Å². The van der Waals surface area contributed by atoms with Crippen molar-refractivity contribution in [1.82, 2.24) is 0 Å². The number of thiophene rings is 2. The maximum atomic E-state index is 3.56.